The molecule has 0 saturated heterocycles. The summed E-state index contributed by atoms with van der Waals surface area (Å²) in [5.74, 6) is 0. The fourth-order valence-electron chi connectivity index (χ4n) is 5.08. The van der Waals surface area contributed by atoms with Gasteiger partial charge in [-0.2, -0.15) is 0 Å². The van der Waals surface area contributed by atoms with Gasteiger partial charge in [0.1, 0.15) is 0 Å². The van der Waals surface area contributed by atoms with Gasteiger partial charge in [-0.15, -0.1) is 0 Å². The van der Waals surface area contributed by atoms with Gasteiger partial charge in [0.25, 0.3) is 0 Å². The van der Waals surface area contributed by atoms with Crippen LogP contribution >= 0.6 is 0 Å². The maximum absolute atomic E-state index is 3.65. The summed E-state index contributed by atoms with van der Waals surface area (Å²) in [5, 5.41) is 3.65. The Balaban J connectivity index is 1.76. The molecule has 0 unspecified atom stereocenters. The van der Waals surface area contributed by atoms with Gasteiger partial charge < -0.3 is 0 Å². The minimum absolute atomic E-state index is 0.447. The van der Waals surface area contributed by atoms with Crippen molar-refractivity contribution in [3.05, 3.63) is 60.7 Å². The first-order chi connectivity index (χ1) is 15.7. The van der Waals surface area contributed by atoms with Gasteiger partial charge in [0, 0.05) is 0 Å². The molecule has 3 aromatic rings. The van der Waals surface area contributed by atoms with Crippen molar-refractivity contribution in [1.29, 1.82) is 0 Å². The molecule has 1 N–H and O–H groups in total. The number of unbranched alkanes of at least 4 members (excludes halogenated alkanes) is 3. The van der Waals surface area contributed by atoms with Crippen LogP contribution in [-0.4, -0.2) is 32.9 Å². The molecule has 1 aliphatic heterocycles. The molecule has 1 aromatic heterocycles. The minimum atomic E-state index is -2.35. The zero-order chi connectivity index (χ0) is 22.4. The van der Waals surface area contributed by atoms with Crippen LogP contribution in [0.2, 0.25) is 13.3 Å². The van der Waals surface area contributed by atoms with Gasteiger partial charge in [0.15, 0.2) is 0 Å². The number of anilines is 5. The Morgan fingerprint density at radius 2 is 1.19 bits per heavy atom. The van der Waals surface area contributed by atoms with Crippen molar-refractivity contribution in [3.8, 4) is 0 Å². The zero-order valence-corrected chi connectivity index (χ0v) is 24.6. The van der Waals surface area contributed by atoms with Gasteiger partial charge in [-0.3, -0.25) is 0 Å². The number of fused-ring (bicyclic) bond motifs is 2. The summed E-state index contributed by atoms with van der Waals surface area (Å²) < 4.78 is 8.17. The van der Waals surface area contributed by atoms with E-state index in [1.165, 1.54) is 65.8 Å². The van der Waals surface area contributed by atoms with E-state index in [4.69, 9.17) is 0 Å². The van der Waals surface area contributed by atoms with E-state index in [1.54, 1.807) is 13.3 Å². The van der Waals surface area contributed by atoms with Crippen LogP contribution in [-0.2, 0) is 0 Å². The standard InChI is InChI=1S/C16H11N2Se.3C4H9.Sn/c1-3-8-14-12(6-1)17-13-7-2-4-9-15(13)18(14)16-10-5-11-19-16;3*1-3-4-2;/h1-10,17H;3*1,3-4H2,2H3;. The van der Waals surface area contributed by atoms with Crippen LogP contribution in [0.5, 0.6) is 0 Å². The van der Waals surface area contributed by atoms with E-state index >= 15 is 0 Å². The number of nitrogens with one attached hydrogen (secondary N) is 1. The van der Waals surface area contributed by atoms with E-state index in [2.05, 4.69) is 91.7 Å². The van der Waals surface area contributed by atoms with Crippen molar-refractivity contribution in [2.75, 3.05) is 10.2 Å². The van der Waals surface area contributed by atoms with Crippen molar-refractivity contribution < 1.29 is 0 Å². The molecule has 0 amide bonds. The normalized spacial score (nSPS) is 12.9. The van der Waals surface area contributed by atoms with Crippen LogP contribution in [0.3, 0.4) is 0 Å². The van der Waals surface area contributed by atoms with Crippen molar-refractivity contribution in [2.24, 2.45) is 0 Å². The number of para-hydroxylation sites is 4. The molecule has 2 aromatic carbocycles. The Morgan fingerprint density at radius 3 is 1.69 bits per heavy atom. The van der Waals surface area contributed by atoms with Crippen LogP contribution in [0, 0.1) is 0 Å². The summed E-state index contributed by atoms with van der Waals surface area (Å²) in [6.07, 6.45) is 8.34. The molecule has 0 spiro atoms. The third kappa shape index (κ3) is 5.00. The quantitative estimate of drug-likeness (QED) is 0.174. The van der Waals surface area contributed by atoms with E-state index in [-0.39, 0.29) is 0 Å². The molecule has 0 saturated carbocycles. The van der Waals surface area contributed by atoms with Gasteiger partial charge in [-0.1, -0.05) is 0 Å². The predicted octanol–water partition coefficient (Wildman–Crippen LogP) is 8.33. The van der Waals surface area contributed by atoms with Gasteiger partial charge in [-0.25, -0.2) is 0 Å². The predicted molar refractivity (Wildman–Crippen MR) is 146 cm³/mol. The number of hydrogen-bond donors (Lipinski definition) is 1. The fourth-order valence-corrected chi connectivity index (χ4v) is 30.6. The summed E-state index contributed by atoms with van der Waals surface area (Å²) in [6.45, 7) is 7.13. The Kier molecular flexibility index (Phi) is 8.48. The van der Waals surface area contributed by atoms with E-state index in [9.17, 15) is 0 Å². The van der Waals surface area contributed by atoms with Gasteiger partial charge in [0.05, 0.1) is 0 Å². The first-order valence-corrected chi connectivity index (χ1v) is 21.8. The number of benzene rings is 2. The molecule has 0 bridgehead atoms. The average molecular weight is 600 g/mol. The summed E-state index contributed by atoms with van der Waals surface area (Å²) in [5.41, 5.74) is 5.03. The topological polar surface area (TPSA) is 15.3 Å². The first kappa shape index (κ1) is 24.0. The molecule has 1 aliphatic rings. The summed E-state index contributed by atoms with van der Waals surface area (Å²) >= 11 is -1.90. The van der Waals surface area contributed by atoms with Crippen molar-refractivity contribution >= 4 is 62.6 Å². The molecule has 0 aliphatic carbocycles. The van der Waals surface area contributed by atoms with E-state index in [0.29, 0.717) is 14.5 Å². The molecule has 0 fully saturated rings. The monoisotopic (exact) mass is 602 g/mol. The molecule has 0 atom stereocenters. The molecule has 2 nitrogen and oxygen atoms in total. The second-order valence-electron chi connectivity index (χ2n) is 9.22. The van der Waals surface area contributed by atoms with Crippen molar-refractivity contribution in [2.45, 2.75) is 72.6 Å². The van der Waals surface area contributed by atoms with Crippen molar-refractivity contribution in [3.63, 3.8) is 0 Å². The molecule has 4 heteroatoms. The third-order valence-corrected chi connectivity index (χ3v) is 31.1. The van der Waals surface area contributed by atoms with Gasteiger partial charge in [0.2, 0.25) is 0 Å². The third-order valence-electron chi connectivity index (χ3n) is 6.92. The molecule has 170 valence electrons. The maximum atomic E-state index is 3.65. The van der Waals surface area contributed by atoms with Crippen molar-refractivity contribution in [1.82, 2.24) is 0 Å². The Morgan fingerprint density at radius 1 is 0.688 bits per heavy atom. The Labute approximate surface area is 205 Å². The first-order valence-electron chi connectivity index (χ1n) is 12.6. The van der Waals surface area contributed by atoms with E-state index in [0.717, 1.165) is 0 Å². The molecular formula is C28H38N2SeSn. The fraction of sp³-hybridized carbons (Fsp3) is 0.429. The number of rotatable bonds is 11. The Hall–Kier alpha value is -1.16. The summed E-state index contributed by atoms with van der Waals surface area (Å²) in [6, 6.07) is 22.7. The number of nitrogens with zero attached hydrogens (tertiary/aromatic N) is 1. The zero-order valence-electron chi connectivity index (χ0n) is 20.0. The Bertz CT molecular complexity index is 945. The average Bonchev–Trinajstić information content (AvgIpc) is 3.32. The molecule has 32 heavy (non-hydrogen) atoms. The molecule has 2 heterocycles. The molecule has 0 radical (unpaired) electrons. The van der Waals surface area contributed by atoms with E-state index < -0.39 is 18.4 Å². The van der Waals surface area contributed by atoms with Crippen LogP contribution in [0.4, 0.5) is 27.3 Å². The van der Waals surface area contributed by atoms with Crippen LogP contribution in [0.25, 0.3) is 0 Å². The van der Waals surface area contributed by atoms with E-state index in [1.807, 2.05) is 2.45 Å². The number of hydrogen-bond acceptors (Lipinski definition) is 2. The summed E-state index contributed by atoms with van der Waals surface area (Å²) in [4.78, 5) is 2.56. The molecular weight excluding hydrogens is 562 g/mol. The second kappa shape index (κ2) is 11.3. The van der Waals surface area contributed by atoms with Gasteiger partial charge >= 0.3 is 206 Å². The van der Waals surface area contributed by atoms with Crippen LogP contribution in [0.15, 0.2) is 60.7 Å². The SMILES string of the molecule is CCC[CH2][Sn]([CH2]CCC)([CH2]CCC)[c]1ccc(N2c3ccccc3Nc3ccccc32)[se]1. The molecule has 4 rings (SSSR count). The van der Waals surface area contributed by atoms with Gasteiger partial charge in [-0.05, 0) is 0 Å². The van der Waals surface area contributed by atoms with Crippen LogP contribution < -0.4 is 12.7 Å². The summed E-state index contributed by atoms with van der Waals surface area (Å²) in [7, 11) is 0. The van der Waals surface area contributed by atoms with Crippen LogP contribution in [0.1, 0.15) is 59.3 Å². The second-order valence-corrected chi connectivity index (χ2v) is 26.9.